The van der Waals surface area contributed by atoms with Gasteiger partial charge in [-0.25, -0.2) is 0 Å². The Morgan fingerprint density at radius 1 is 1.21 bits per heavy atom. The standard InChI is InChI=1S/C14H16N4O/c1-2-18(13-7-9-16-10-8-13)14(19)11-3-5-12(17-15)6-4-11/h3-10,17H,2,15H2,1H3. The van der Waals surface area contributed by atoms with Gasteiger partial charge in [-0.15, -0.1) is 0 Å². The summed E-state index contributed by atoms with van der Waals surface area (Å²) in [6.07, 6.45) is 3.35. The van der Waals surface area contributed by atoms with E-state index in [1.54, 1.807) is 41.6 Å². The number of nitrogens with two attached hydrogens (primary N) is 1. The number of nitrogens with one attached hydrogen (secondary N) is 1. The van der Waals surface area contributed by atoms with Gasteiger partial charge in [-0.2, -0.15) is 0 Å². The summed E-state index contributed by atoms with van der Waals surface area (Å²) >= 11 is 0. The molecule has 2 aromatic rings. The quantitative estimate of drug-likeness (QED) is 0.648. The highest BCUT2D eigenvalue weighted by Gasteiger charge is 2.15. The van der Waals surface area contributed by atoms with E-state index in [1.165, 1.54) is 0 Å². The Morgan fingerprint density at radius 3 is 2.37 bits per heavy atom. The number of carbonyl (C=O) groups excluding carboxylic acids is 1. The Hall–Kier alpha value is -2.40. The number of nitrogens with zero attached hydrogens (tertiary/aromatic N) is 2. The SMILES string of the molecule is CCN(C(=O)c1ccc(NN)cc1)c1ccncc1. The fraction of sp³-hybridized carbons (Fsp3) is 0.143. The largest absolute Gasteiger partial charge is 0.324 e. The van der Waals surface area contributed by atoms with Crippen LogP contribution in [-0.2, 0) is 0 Å². The lowest BCUT2D eigenvalue weighted by atomic mass is 10.1. The van der Waals surface area contributed by atoms with Crippen molar-refractivity contribution in [2.24, 2.45) is 5.84 Å². The number of anilines is 2. The van der Waals surface area contributed by atoms with Crippen molar-refractivity contribution in [2.45, 2.75) is 6.92 Å². The zero-order chi connectivity index (χ0) is 13.7. The van der Waals surface area contributed by atoms with Gasteiger partial charge in [0.1, 0.15) is 0 Å². The van der Waals surface area contributed by atoms with E-state index in [9.17, 15) is 4.79 Å². The van der Waals surface area contributed by atoms with Crippen molar-refractivity contribution in [1.82, 2.24) is 4.98 Å². The van der Waals surface area contributed by atoms with Gasteiger partial charge in [-0.3, -0.25) is 15.6 Å². The third kappa shape index (κ3) is 2.89. The van der Waals surface area contributed by atoms with Crippen LogP contribution >= 0.6 is 0 Å². The summed E-state index contributed by atoms with van der Waals surface area (Å²) in [5.74, 6) is 5.26. The lowest BCUT2D eigenvalue weighted by molar-refractivity contribution is 0.0988. The number of pyridine rings is 1. The third-order valence-corrected chi connectivity index (χ3v) is 2.83. The fourth-order valence-electron chi connectivity index (χ4n) is 1.83. The summed E-state index contributed by atoms with van der Waals surface area (Å²) in [6, 6.07) is 10.7. The van der Waals surface area contributed by atoms with Gasteiger partial charge >= 0.3 is 0 Å². The summed E-state index contributed by atoms with van der Waals surface area (Å²) in [5, 5.41) is 0. The van der Waals surface area contributed by atoms with Crippen molar-refractivity contribution in [1.29, 1.82) is 0 Å². The van der Waals surface area contributed by atoms with Gasteiger partial charge in [0.05, 0.1) is 0 Å². The van der Waals surface area contributed by atoms with E-state index >= 15 is 0 Å². The van der Waals surface area contributed by atoms with E-state index in [4.69, 9.17) is 5.84 Å². The molecule has 1 aromatic heterocycles. The van der Waals surface area contributed by atoms with Crippen LogP contribution in [0.5, 0.6) is 0 Å². The fourth-order valence-corrected chi connectivity index (χ4v) is 1.83. The maximum atomic E-state index is 12.4. The van der Waals surface area contributed by atoms with Gasteiger partial charge in [0.2, 0.25) is 0 Å². The van der Waals surface area contributed by atoms with Crippen LogP contribution in [0.15, 0.2) is 48.8 Å². The number of rotatable bonds is 4. The number of nitrogen functional groups attached to an aromatic ring is 1. The summed E-state index contributed by atoms with van der Waals surface area (Å²) in [6.45, 7) is 2.54. The van der Waals surface area contributed by atoms with Crippen molar-refractivity contribution in [3.63, 3.8) is 0 Å². The van der Waals surface area contributed by atoms with Crippen molar-refractivity contribution in [2.75, 3.05) is 16.9 Å². The molecule has 0 aliphatic rings. The molecule has 0 unspecified atom stereocenters. The molecule has 3 N–H and O–H groups in total. The predicted molar refractivity (Wildman–Crippen MR) is 75.8 cm³/mol. The van der Waals surface area contributed by atoms with Gasteiger partial charge in [-0.05, 0) is 43.3 Å². The lowest BCUT2D eigenvalue weighted by Crippen LogP contribution is -2.30. The van der Waals surface area contributed by atoms with Gasteiger partial charge in [0.25, 0.3) is 5.91 Å². The van der Waals surface area contributed by atoms with Crippen LogP contribution in [0, 0.1) is 0 Å². The third-order valence-electron chi connectivity index (χ3n) is 2.83. The Balaban J connectivity index is 2.25. The molecule has 0 fully saturated rings. The first-order chi connectivity index (χ1) is 9.26. The molecule has 0 saturated carbocycles. The molecule has 2 rings (SSSR count). The second-order valence-electron chi connectivity index (χ2n) is 3.98. The molecular formula is C14H16N4O. The minimum absolute atomic E-state index is 0.0442. The van der Waals surface area contributed by atoms with Gasteiger partial charge in [-0.1, -0.05) is 0 Å². The molecule has 19 heavy (non-hydrogen) atoms. The summed E-state index contributed by atoms with van der Waals surface area (Å²) in [4.78, 5) is 18.1. The van der Waals surface area contributed by atoms with Crippen molar-refractivity contribution in [3.8, 4) is 0 Å². The topological polar surface area (TPSA) is 71.2 Å². The molecular weight excluding hydrogens is 240 g/mol. The number of hydrazine groups is 1. The smallest absolute Gasteiger partial charge is 0.258 e. The zero-order valence-electron chi connectivity index (χ0n) is 10.7. The van der Waals surface area contributed by atoms with E-state index in [1.807, 2.05) is 19.1 Å². The number of hydrogen-bond acceptors (Lipinski definition) is 4. The van der Waals surface area contributed by atoms with Crippen LogP contribution in [0.4, 0.5) is 11.4 Å². The molecule has 0 spiro atoms. The highest BCUT2D eigenvalue weighted by Crippen LogP contribution is 2.17. The summed E-state index contributed by atoms with van der Waals surface area (Å²) in [5.41, 5.74) is 4.76. The number of benzene rings is 1. The highest BCUT2D eigenvalue weighted by atomic mass is 16.2. The average molecular weight is 256 g/mol. The van der Waals surface area contributed by atoms with Crippen LogP contribution in [0.1, 0.15) is 17.3 Å². The molecule has 1 amide bonds. The summed E-state index contributed by atoms with van der Waals surface area (Å²) < 4.78 is 0. The number of amides is 1. The van der Waals surface area contributed by atoms with Crippen LogP contribution in [0.3, 0.4) is 0 Å². The van der Waals surface area contributed by atoms with Crippen molar-refractivity contribution >= 4 is 17.3 Å². The first kappa shape index (κ1) is 13.0. The number of hydrogen-bond donors (Lipinski definition) is 2. The van der Waals surface area contributed by atoms with E-state index in [-0.39, 0.29) is 5.91 Å². The van der Waals surface area contributed by atoms with Crippen LogP contribution in [0.25, 0.3) is 0 Å². The number of aromatic nitrogens is 1. The van der Waals surface area contributed by atoms with Gasteiger partial charge in [0, 0.05) is 35.9 Å². The van der Waals surface area contributed by atoms with E-state index in [0.29, 0.717) is 12.1 Å². The maximum absolute atomic E-state index is 12.4. The maximum Gasteiger partial charge on any atom is 0.258 e. The first-order valence-electron chi connectivity index (χ1n) is 6.05. The molecule has 5 nitrogen and oxygen atoms in total. The molecule has 0 aliphatic heterocycles. The molecule has 0 atom stereocenters. The van der Waals surface area contributed by atoms with Gasteiger partial charge in [0.15, 0.2) is 0 Å². The van der Waals surface area contributed by atoms with Crippen molar-refractivity contribution < 1.29 is 4.79 Å². The van der Waals surface area contributed by atoms with Crippen LogP contribution in [0.2, 0.25) is 0 Å². The van der Waals surface area contributed by atoms with Crippen molar-refractivity contribution in [3.05, 3.63) is 54.4 Å². The minimum Gasteiger partial charge on any atom is -0.324 e. The molecule has 1 aromatic carbocycles. The van der Waals surface area contributed by atoms with Crippen LogP contribution in [-0.4, -0.2) is 17.4 Å². The Bertz CT molecular complexity index is 539. The molecule has 0 radical (unpaired) electrons. The molecule has 1 heterocycles. The van der Waals surface area contributed by atoms with Crippen LogP contribution < -0.4 is 16.2 Å². The monoisotopic (exact) mass is 256 g/mol. The second kappa shape index (κ2) is 5.97. The zero-order valence-corrected chi connectivity index (χ0v) is 10.7. The lowest BCUT2D eigenvalue weighted by Gasteiger charge is -2.21. The number of carbonyl (C=O) groups is 1. The Morgan fingerprint density at radius 2 is 1.84 bits per heavy atom. The predicted octanol–water partition coefficient (Wildman–Crippen LogP) is 2.03. The second-order valence-corrected chi connectivity index (χ2v) is 3.98. The molecule has 98 valence electrons. The summed E-state index contributed by atoms with van der Waals surface area (Å²) in [7, 11) is 0. The van der Waals surface area contributed by atoms with E-state index in [0.717, 1.165) is 11.4 Å². The average Bonchev–Trinajstić information content (AvgIpc) is 2.49. The van der Waals surface area contributed by atoms with Gasteiger partial charge < -0.3 is 10.3 Å². The molecule has 5 heteroatoms. The van der Waals surface area contributed by atoms with E-state index in [2.05, 4.69) is 10.4 Å². The minimum atomic E-state index is -0.0442. The first-order valence-corrected chi connectivity index (χ1v) is 6.05. The Labute approximate surface area is 112 Å². The highest BCUT2D eigenvalue weighted by molar-refractivity contribution is 6.06. The molecule has 0 bridgehead atoms. The normalized spacial score (nSPS) is 10.0. The van der Waals surface area contributed by atoms with E-state index < -0.39 is 0 Å². The molecule has 0 aliphatic carbocycles. The Kier molecular flexibility index (Phi) is 4.10. The molecule has 0 saturated heterocycles.